The van der Waals surface area contributed by atoms with Crippen LogP contribution in [-0.4, -0.2) is 42.2 Å². The van der Waals surface area contributed by atoms with Gasteiger partial charge in [0.25, 0.3) is 0 Å². The van der Waals surface area contributed by atoms with E-state index in [1.165, 1.54) is 0 Å². The van der Waals surface area contributed by atoms with Crippen molar-refractivity contribution < 1.29 is 14.4 Å². The molecular weight excluding hydrogens is 296 g/mol. The summed E-state index contributed by atoms with van der Waals surface area (Å²) in [5, 5.41) is 5.37. The van der Waals surface area contributed by atoms with Crippen LogP contribution in [0.25, 0.3) is 0 Å². The molecule has 2 N–H and O–H groups in total. The maximum Gasteiger partial charge on any atom is 0.249 e. The van der Waals surface area contributed by atoms with Crippen LogP contribution in [0.2, 0.25) is 0 Å². The minimum atomic E-state index is -0.422. The minimum absolute atomic E-state index is 0.174. The predicted molar refractivity (Wildman–Crippen MR) is 85.0 cm³/mol. The van der Waals surface area contributed by atoms with E-state index in [9.17, 15) is 14.4 Å². The number of aromatic nitrogens is 1. The Hall–Kier alpha value is -2.44. The number of carbonyl (C=O) groups is 3. The number of amides is 2. The standard InChI is InChI=1S/C16H20N4O3/c21-10-11-5-7-20(8-6-11)12-1-3-14(17-9-12)18-13-2-4-15(22)19-16(13)23/h1,3,9-11,13H,2,4-8H2,(H,17,18)(H,19,22,23). The summed E-state index contributed by atoms with van der Waals surface area (Å²) in [5.41, 5.74) is 1.02. The van der Waals surface area contributed by atoms with Crippen molar-refractivity contribution in [3.8, 4) is 0 Å². The first-order valence-corrected chi connectivity index (χ1v) is 7.92. The highest BCUT2D eigenvalue weighted by atomic mass is 16.2. The predicted octanol–water partition coefficient (Wildman–Crippen LogP) is 0.714. The van der Waals surface area contributed by atoms with Gasteiger partial charge in [-0.15, -0.1) is 0 Å². The third-order valence-corrected chi connectivity index (χ3v) is 4.41. The van der Waals surface area contributed by atoms with Crippen LogP contribution in [0, 0.1) is 5.92 Å². The minimum Gasteiger partial charge on any atom is -0.370 e. The smallest absolute Gasteiger partial charge is 0.249 e. The molecule has 1 aromatic heterocycles. The summed E-state index contributed by atoms with van der Waals surface area (Å²) >= 11 is 0. The second-order valence-corrected chi connectivity index (χ2v) is 6.01. The zero-order valence-electron chi connectivity index (χ0n) is 12.8. The molecule has 0 radical (unpaired) electrons. The molecule has 0 bridgehead atoms. The number of imide groups is 1. The summed E-state index contributed by atoms with van der Waals surface area (Å²) in [6.45, 7) is 1.70. The third-order valence-electron chi connectivity index (χ3n) is 4.41. The largest absolute Gasteiger partial charge is 0.370 e. The van der Waals surface area contributed by atoms with Gasteiger partial charge >= 0.3 is 0 Å². The van der Waals surface area contributed by atoms with Gasteiger partial charge in [-0.2, -0.15) is 0 Å². The van der Waals surface area contributed by atoms with Gasteiger partial charge in [0.1, 0.15) is 18.1 Å². The zero-order chi connectivity index (χ0) is 16.2. The Morgan fingerprint density at radius 3 is 2.61 bits per heavy atom. The number of pyridine rings is 1. The van der Waals surface area contributed by atoms with E-state index in [-0.39, 0.29) is 17.7 Å². The Balaban J connectivity index is 1.58. The van der Waals surface area contributed by atoms with Crippen molar-refractivity contribution in [2.24, 2.45) is 5.92 Å². The highest BCUT2D eigenvalue weighted by molar-refractivity contribution is 6.01. The fourth-order valence-electron chi connectivity index (χ4n) is 2.96. The first kappa shape index (κ1) is 15.5. The maximum atomic E-state index is 11.7. The van der Waals surface area contributed by atoms with Crippen molar-refractivity contribution in [3.63, 3.8) is 0 Å². The molecule has 0 aromatic carbocycles. The van der Waals surface area contributed by atoms with E-state index in [0.29, 0.717) is 18.7 Å². The summed E-state index contributed by atoms with van der Waals surface area (Å²) in [7, 11) is 0. The SMILES string of the molecule is O=CC1CCN(c2ccc(NC3CCC(=O)NC3=O)nc2)CC1. The van der Waals surface area contributed by atoms with Crippen LogP contribution in [0.15, 0.2) is 18.3 Å². The molecule has 1 unspecified atom stereocenters. The van der Waals surface area contributed by atoms with Crippen LogP contribution in [0.4, 0.5) is 11.5 Å². The van der Waals surface area contributed by atoms with E-state index in [4.69, 9.17) is 0 Å². The van der Waals surface area contributed by atoms with Gasteiger partial charge in [0.2, 0.25) is 11.8 Å². The molecule has 122 valence electrons. The van der Waals surface area contributed by atoms with E-state index in [2.05, 4.69) is 20.5 Å². The topological polar surface area (TPSA) is 91.4 Å². The van der Waals surface area contributed by atoms with E-state index in [0.717, 1.165) is 37.9 Å². The van der Waals surface area contributed by atoms with E-state index < -0.39 is 6.04 Å². The molecule has 2 aliphatic heterocycles. The number of nitrogens with one attached hydrogen (secondary N) is 2. The van der Waals surface area contributed by atoms with Crippen molar-refractivity contribution in [2.75, 3.05) is 23.3 Å². The quantitative estimate of drug-likeness (QED) is 0.628. The van der Waals surface area contributed by atoms with Gasteiger partial charge in [-0.3, -0.25) is 14.9 Å². The Kier molecular flexibility index (Phi) is 4.55. The van der Waals surface area contributed by atoms with Gasteiger partial charge in [0.05, 0.1) is 11.9 Å². The van der Waals surface area contributed by atoms with Gasteiger partial charge in [-0.1, -0.05) is 0 Å². The molecule has 7 nitrogen and oxygen atoms in total. The molecule has 2 fully saturated rings. The lowest BCUT2D eigenvalue weighted by molar-refractivity contribution is -0.133. The zero-order valence-corrected chi connectivity index (χ0v) is 12.8. The van der Waals surface area contributed by atoms with Gasteiger partial charge in [0, 0.05) is 25.4 Å². The number of hydrogen-bond acceptors (Lipinski definition) is 6. The Morgan fingerprint density at radius 2 is 2.00 bits per heavy atom. The van der Waals surface area contributed by atoms with Crippen molar-refractivity contribution in [2.45, 2.75) is 31.7 Å². The number of anilines is 2. The lowest BCUT2D eigenvalue weighted by atomic mass is 9.98. The molecule has 0 aliphatic carbocycles. The molecule has 7 heteroatoms. The molecule has 0 saturated carbocycles. The second kappa shape index (κ2) is 6.76. The molecule has 1 aromatic rings. The van der Waals surface area contributed by atoms with Crippen LogP contribution in [0.3, 0.4) is 0 Å². The first-order valence-electron chi connectivity index (χ1n) is 7.92. The lowest BCUT2D eigenvalue weighted by Crippen LogP contribution is -2.47. The number of carbonyl (C=O) groups excluding carboxylic acids is 3. The normalized spacial score (nSPS) is 22.6. The monoisotopic (exact) mass is 316 g/mol. The number of hydrogen-bond donors (Lipinski definition) is 2. The van der Waals surface area contributed by atoms with Gasteiger partial charge in [0.15, 0.2) is 0 Å². The Labute approximate surface area is 134 Å². The number of aldehydes is 1. The molecular formula is C16H20N4O3. The van der Waals surface area contributed by atoms with Gasteiger partial charge in [-0.05, 0) is 31.4 Å². The molecule has 2 amide bonds. The fourth-order valence-corrected chi connectivity index (χ4v) is 2.96. The second-order valence-electron chi connectivity index (χ2n) is 6.01. The van der Waals surface area contributed by atoms with E-state index >= 15 is 0 Å². The van der Waals surface area contributed by atoms with Crippen molar-refractivity contribution in [1.29, 1.82) is 0 Å². The number of rotatable bonds is 4. The Morgan fingerprint density at radius 1 is 1.22 bits per heavy atom. The van der Waals surface area contributed by atoms with Crippen LogP contribution >= 0.6 is 0 Å². The summed E-state index contributed by atoms with van der Waals surface area (Å²) in [6.07, 6.45) is 5.39. The van der Waals surface area contributed by atoms with Gasteiger partial charge in [-0.25, -0.2) is 4.98 Å². The van der Waals surface area contributed by atoms with Crippen LogP contribution in [0.1, 0.15) is 25.7 Å². The van der Waals surface area contributed by atoms with Crippen molar-refractivity contribution in [1.82, 2.24) is 10.3 Å². The highest BCUT2D eigenvalue weighted by Gasteiger charge is 2.26. The fraction of sp³-hybridized carbons (Fsp3) is 0.500. The van der Waals surface area contributed by atoms with Crippen molar-refractivity contribution in [3.05, 3.63) is 18.3 Å². The lowest BCUT2D eigenvalue weighted by Gasteiger charge is -2.31. The van der Waals surface area contributed by atoms with Crippen LogP contribution in [0.5, 0.6) is 0 Å². The van der Waals surface area contributed by atoms with E-state index in [1.807, 2.05) is 12.1 Å². The molecule has 23 heavy (non-hydrogen) atoms. The summed E-state index contributed by atoms with van der Waals surface area (Å²) in [5.74, 6) is 0.261. The Bertz CT molecular complexity index is 594. The number of piperidine rings is 2. The number of nitrogens with zero attached hydrogens (tertiary/aromatic N) is 2. The molecule has 2 aliphatic rings. The van der Waals surface area contributed by atoms with Crippen LogP contribution in [-0.2, 0) is 14.4 Å². The van der Waals surface area contributed by atoms with Crippen molar-refractivity contribution >= 4 is 29.6 Å². The molecule has 2 saturated heterocycles. The average molecular weight is 316 g/mol. The molecule has 1 atom stereocenters. The summed E-state index contributed by atoms with van der Waals surface area (Å²) in [4.78, 5) is 40.2. The highest BCUT2D eigenvalue weighted by Crippen LogP contribution is 2.23. The molecule has 3 heterocycles. The first-order chi connectivity index (χ1) is 11.2. The van der Waals surface area contributed by atoms with Crippen LogP contribution < -0.4 is 15.5 Å². The van der Waals surface area contributed by atoms with Gasteiger partial charge < -0.3 is 15.0 Å². The summed E-state index contributed by atoms with van der Waals surface area (Å²) in [6, 6.07) is 3.38. The average Bonchev–Trinajstić information content (AvgIpc) is 2.58. The summed E-state index contributed by atoms with van der Waals surface area (Å²) < 4.78 is 0. The maximum absolute atomic E-state index is 11.7. The third kappa shape index (κ3) is 3.67. The molecule has 3 rings (SSSR count). The molecule has 0 spiro atoms. The van der Waals surface area contributed by atoms with E-state index in [1.54, 1.807) is 6.20 Å².